The maximum absolute atomic E-state index is 11.4. The van der Waals surface area contributed by atoms with Gasteiger partial charge >= 0.3 is 0 Å². The van der Waals surface area contributed by atoms with Gasteiger partial charge in [-0.05, 0) is 25.7 Å². The van der Waals surface area contributed by atoms with E-state index in [0.717, 1.165) is 32.1 Å². The molecule has 1 atom stereocenters. The van der Waals surface area contributed by atoms with E-state index < -0.39 is 5.41 Å². The molecule has 4 nitrogen and oxygen atoms in total. The first-order valence-corrected chi connectivity index (χ1v) is 5.24. The maximum Gasteiger partial charge on any atom is 0.225 e. The molecule has 4 heteroatoms. The topological polar surface area (TPSA) is 72.2 Å². The Morgan fingerprint density at radius 3 is 2.57 bits per heavy atom. The van der Waals surface area contributed by atoms with E-state index in [2.05, 4.69) is 5.32 Å². The predicted molar refractivity (Wildman–Crippen MR) is 51.3 cm³/mol. The summed E-state index contributed by atoms with van der Waals surface area (Å²) in [5.41, 5.74) is 5.00. The largest absolute Gasteiger partial charge is 0.369 e. The van der Waals surface area contributed by atoms with Crippen LogP contribution in [0.15, 0.2) is 0 Å². The number of primary amides is 1. The Hall–Kier alpha value is -1.06. The molecule has 78 valence electrons. The van der Waals surface area contributed by atoms with Crippen molar-refractivity contribution in [2.24, 2.45) is 11.1 Å². The number of carbonyl (C=O) groups is 2. The lowest BCUT2D eigenvalue weighted by Gasteiger charge is -2.46. The van der Waals surface area contributed by atoms with Crippen LogP contribution in [0.3, 0.4) is 0 Å². The van der Waals surface area contributed by atoms with Crippen LogP contribution in [-0.2, 0) is 9.59 Å². The Bertz CT molecular complexity index is 271. The minimum Gasteiger partial charge on any atom is -0.369 e. The summed E-state index contributed by atoms with van der Waals surface area (Å²) < 4.78 is 0. The third-order valence-electron chi connectivity index (χ3n) is 3.64. The van der Waals surface area contributed by atoms with Gasteiger partial charge in [0.15, 0.2) is 0 Å². The zero-order valence-electron chi connectivity index (χ0n) is 8.21. The molecule has 1 aliphatic heterocycles. The molecule has 1 saturated carbocycles. The Kier molecular flexibility index (Phi) is 2.21. The van der Waals surface area contributed by atoms with Gasteiger partial charge in [-0.3, -0.25) is 9.59 Å². The predicted octanol–water partition coefficient (Wildman–Crippen LogP) is 0.311. The summed E-state index contributed by atoms with van der Waals surface area (Å²) >= 11 is 0. The first-order chi connectivity index (χ1) is 6.65. The van der Waals surface area contributed by atoms with Crippen LogP contribution in [0.4, 0.5) is 0 Å². The molecular formula is C10H16N2O2. The number of hydrogen-bond acceptors (Lipinski definition) is 2. The van der Waals surface area contributed by atoms with Gasteiger partial charge in [0.05, 0.1) is 5.41 Å². The summed E-state index contributed by atoms with van der Waals surface area (Å²) in [5, 5.41) is 2.90. The van der Waals surface area contributed by atoms with Crippen molar-refractivity contribution < 1.29 is 9.59 Å². The second-order valence-electron chi connectivity index (χ2n) is 4.39. The molecule has 2 fully saturated rings. The zero-order valence-corrected chi connectivity index (χ0v) is 8.21. The van der Waals surface area contributed by atoms with Crippen LogP contribution in [0.5, 0.6) is 0 Å². The molecule has 0 aromatic rings. The molecule has 2 amide bonds. The van der Waals surface area contributed by atoms with Crippen LogP contribution in [0.1, 0.15) is 38.5 Å². The fourth-order valence-electron chi connectivity index (χ4n) is 2.54. The van der Waals surface area contributed by atoms with Crippen molar-refractivity contribution in [2.75, 3.05) is 0 Å². The standard InChI is InChI=1S/C10H16N2O2/c11-9(14)10(5-2-6-10)7-3-1-4-8(13)12-7/h7H,1-6H2,(H2,11,14)(H,12,13). The first-order valence-electron chi connectivity index (χ1n) is 5.24. The van der Waals surface area contributed by atoms with Crippen LogP contribution in [0.2, 0.25) is 0 Å². The zero-order chi connectivity index (χ0) is 10.2. The molecule has 1 aliphatic carbocycles. The van der Waals surface area contributed by atoms with Crippen LogP contribution in [-0.4, -0.2) is 17.9 Å². The van der Waals surface area contributed by atoms with Gasteiger partial charge in [0, 0.05) is 12.5 Å². The lowest BCUT2D eigenvalue weighted by molar-refractivity contribution is -0.138. The van der Waals surface area contributed by atoms with E-state index in [0.29, 0.717) is 6.42 Å². The van der Waals surface area contributed by atoms with Crippen molar-refractivity contribution in [3.8, 4) is 0 Å². The van der Waals surface area contributed by atoms with Gasteiger partial charge in [0.25, 0.3) is 0 Å². The van der Waals surface area contributed by atoms with E-state index in [1.807, 2.05) is 0 Å². The number of rotatable bonds is 2. The van der Waals surface area contributed by atoms with E-state index in [-0.39, 0.29) is 17.9 Å². The summed E-state index contributed by atoms with van der Waals surface area (Å²) in [6.45, 7) is 0. The highest BCUT2D eigenvalue weighted by Gasteiger charge is 2.50. The molecule has 0 bridgehead atoms. The van der Waals surface area contributed by atoms with Gasteiger partial charge in [0.2, 0.25) is 11.8 Å². The summed E-state index contributed by atoms with van der Waals surface area (Å²) in [6, 6.07) is -0.00463. The second kappa shape index (κ2) is 3.26. The average Bonchev–Trinajstić information content (AvgIpc) is 2.00. The van der Waals surface area contributed by atoms with E-state index in [9.17, 15) is 9.59 Å². The third-order valence-corrected chi connectivity index (χ3v) is 3.64. The molecule has 3 N–H and O–H groups in total. The Morgan fingerprint density at radius 1 is 1.43 bits per heavy atom. The average molecular weight is 196 g/mol. The lowest BCUT2D eigenvalue weighted by Crippen LogP contribution is -2.59. The first kappa shape index (κ1) is 9.49. The molecule has 14 heavy (non-hydrogen) atoms. The number of amides is 2. The van der Waals surface area contributed by atoms with Gasteiger partial charge in [-0.2, -0.15) is 0 Å². The van der Waals surface area contributed by atoms with Crippen molar-refractivity contribution in [3.63, 3.8) is 0 Å². The summed E-state index contributed by atoms with van der Waals surface area (Å²) in [6.07, 6.45) is 5.10. The molecule has 1 heterocycles. The fraction of sp³-hybridized carbons (Fsp3) is 0.800. The minimum atomic E-state index is -0.421. The van der Waals surface area contributed by atoms with Gasteiger partial charge in [-0.25, -0.2) is 0 Å². The highest BCUT2D eigenvalue weighted by molar-refractivity contribution is 5.85. The Morgan fingerprint density at radius 2 is 2.14 bits per heavy atom. The molecule has 2 rings (SSSR count). The lowest BCUT2D eigenvalue weighted by atomic mass is 9.62. The molecule has 1 saturated heterocycles. The van der Waals surface area contributed by atoms with E-state index in [4.69, 9.17) is 5.73 Å². The molecule has 0 radical (unpaired) electrons. The second-order valence-corrected chi connectivity index (χ2v) is 4.39. The molecule has 0 aromatic heterocycles. The summed E-state index contributed by atoms with van der Waals surface area (Å²) in [5.74, 6) is -0.176. The van der Waals surface area contributed by atoms with Crippen LogP contribution in [0, 0.1) is 5.41 Å². The van der Waals surface area contributed by atoms with E-state index in [1.54, 1.807) is 0 Å². The van der Waals surface area contributed by atoms with Crippen molar-refractivity contribution in [3.05, 3.63) is 0 Å². The maximum atomic E-state index is 11.4. The number of hydrogen-bond donors (Lipinski definition) is 2. The van der Waals surface area contributed by atoms with Crippen LogP contribution < -0.4 is 11.1 Å². The van der Waals surface area contributed by atoms with Gasteiger partial charge in [0.1, 0.15) is 0 Å². The van der Waals surface area contributed by atoms with E-state index in [1.165, 1.54) is 0 Å². The molecule has 0 spiro atoms. The molecule has 2 aliphatic rings. The van der Waals surface area contributed by atoms with E-state index >= 15 is 0 Å². The van der Waals surface area contributed by atoms with Crippen molar-refractivity contribution >= 4 is 11.8 Å². The summed E-state index contributed by atoms with van der Waals surface area (Å²) in [7, 11) is 0. The van der Waals surface area contributed by atoms with Crippen molar-refractivity contribution in [1.82, 2.24) is 5.32 Å². The normalized spacial score (nSPS) is 30.3. The Labute approximate surface area is 83.2 Å². The number of carbonyl (C=O) groups excluding carboxylic acids is 2. The van der Waals surface area contributed by atoms with Crippen LogP contribution in [0.25, 0.3) is 0 Å². The van der Waals surface area contributed by atoms with Gasteiger partial charge in [-0.15, -0.1) is 0 Å². The number of nitrogens with two attached hydrogens (primary N) is 1. The quantitative estimate of drug-likeness (QED) is 0.667. The monoisotopic (exact) mass is 196 g/mol. The summed E-state index contributed by atoms with van der Waals surface area (Å²) in [4.78, 5) is 22.6. The van der Waals surface area contributed by atoms with Crippen molar-refractivity contribution in [1.29, 1.82) is 0 Å². The highest BCUT2D eigenvalue weighted by Crippen LogP contribution is 2.45. The Balaban J connectivity index is 2.11. The molecular weight excluding hydrogens is 180 g/mol. The smallest absolute Gasteiger partial charge is 0.225 e. The molecule has 0 aromatic carbocycles. The highest BCUT2D eigenvalue weighted by atomic mass is 16.2. The minimum absolute atomic E-state index is 0.00463. The third kappa shape index (κ3) is 1.29. The number of piperidine rings is 1. The SMILES string of the molecule is NC(=O)C1(C2CCCC(=O)N2)CCC1. The van der Waals surface area contributed by atoms with Gasteiger partial charge in [-0.1, -0.05) is 6.42 Å². The van der Waals surface area contributed by atoms with Crippen LogP contribution >= 0.6 is 0 Å². The molecule has 1 unspecified atom stereocenters. The fourth-order valence-corrected chi connectivity index (χ4v) is 2.54. The van der Waals surface area contributed by atoms with Crippen molar-refractivity contribution in [2.45, 2.75) is 44.6 Å². The van der Waals surface area contributed by atoms with Gasteiger partial charge < -0.3 is 11.1 Å². The number of nitrogens with one attached hydrogen (secondary N) is 1.